The number of rotatable bonds is 11. The standard InChI is InChI=1S/C14H27N3O2S/c1-5-17(6-2)10-14-16-12(11-19-4)13(20-14)9-15-7-8-18-3/h15H,5-11H2,1-4H3. The van der Waals surface area contributed by atoms with E-state index in [1.807, 2.05) is 0 Å². The van der Waals surface area contributed by atoms with Crippen LogP contribution in [-0.4, -0.2) is 50.3 Å². The van der Waals surface area contributed by atoms with E-state index in [-0.39, 0.29) is 0 Å². The fourth-order valence-electron chi connectivity index (χ4n) is 1.91. The molecule has 1 rings (SSSR count). The van der Waals surface area contributed by atoms with Gasteiger partial charge in [0.15, 0.2) is 0 Å². The van der Waals surface area contributed by atoms with Crippen molar-refractivity contribution in [3.8, 4) is 0 Å². The van der Waals surface area contributed by atoms with E-state index >= 15 is 0 Å². The topological polar surface area (TPSA) is 46.6 Å². The highest BCUT2D eigenvalue weighted by atomic mass is 32.1. The first-order valence-corrected chi connectivity index (χ1v) is 7.95. The molecule has 0 unspecified atom stereocenters. The first kappa shape index (κ1) is 17.5. The molecule has 0 fully saturated rings. The Balaban J connectivity index is 2.63. The van der Waals surface area contributed by atoms with Crippen LogP contribution in [-0.2, 0) is 29.2 Å². The van der Waals surface area contributed by atoms with Gasteiger partial charge in [0.1, 0.15) is 5.01 Å². The zero-order valence-corrected chi connectivity index (χ0v) is 13.9. The third-order valence-corrected chi connectivity index (χ3v) is 4.21. The number of aromatic nitrogens is 1. The molecule has 20 heavy (non-hydrogen) atoms. The second kappa shape index (κ2) is 10.2. The van der Waals surface area contributed by atoms with Gasteiger partial charge in [-0.25, -0.2) is 4.98 Å². The molecule has 0 aromatic carbocycles. The summed E-state index contributed by atoms with van der Waals surface area (Å²) in [6.07, 6.45) is 0. The van der Waals surface area contributed by atoms with Crippen LogP contribution in [0.5, 0.6) is 0 Å². The van der Waals surface area contributed by atoms with Gasteiger partial charge < -0.3 is 14.8 Å². The van der Waals surface area contributed by atoms with Crippen molar-refractivity contribution in [2.75, 3.05) is 40.5 Å². The van der Waals surface area contributed by atoms with Crippen LogP contribution in [0.2, 0.25) is 0 Å². The molecule has 1 heterocycles. The molecule has 0 saturated carbocycles. The summed E-state index contributed by atoms with van der Waals surface area (Å²) in [4.78, 5) is 8.36. The monoisotopic (exact) mass is 301 g/mol. The second-order valence-electron chi connectivity index (χ2n) is 4.54. The molecule has 116 valence electrons. The van der Waals surface area contributed by atoms with Crippen LogP contribution >= 0.6 is 11.3 Å². The van der Waals surface area contributed by atoms with Gasteiger partial charge in [0.25, 0.3) is 0 Å². The average molecular weight is 301 g/mol. The molecule has 0 bridgehead atoms. The molecule has 0 radical (unpaired) electrons. The normalized spacial score (nSPS) is 11.4. The van der Waals surface area contributed by atoms with Gasteiger partial charge in [-0.1, -0.05) is 13.8 Å². The lowest BCUT2D eigenvalue weighted by atomic mass is 10.3. The van der Waals surface area contributed by atoms with Crippen molar-refractivity contribution in [2.45, 2.75) is 33.5 Å². The number of hydrogen-bond donors (Lipinski definition) is 1. The Hall–Kier alpha value is -0.530. The van der Waals surface area contributed by atoms with Gasteiger partial charge in [0.2, 0.25) is 0 Å². The predicted molar refractivity (Wildman–Crippen MR) is 83.0 cm³/mol. The molecule has 0 aliphatic rings. The number of hydrogen-bond acceptors (Lipinski definition) is 6. The number of ether oxygens (including phenoxy) is 2. The van der Waals surface area contributed by atoms with E-state index in [9.17, 15) is 0 Å². The Bertz CT molecular complexity index is 367. The van der Waals surface area contributed by atoms with Crippen molar-refractivity contribution in [1.82, 2.24) is 15.2 Å². The van der Waals surface area contributed by atoms with Crippen LogP contribution in [0.25, 0.3) is 0 Å². The maximum atomic E-state index is 5.25. The molecule has 0 saturated heterocycles. The van der Waals surface area contributed by atoms with Crippen molar-refractivity contribution >= 4 is 11.3 Å². The Kier molecular flexibility index (Phi) is 8.97. The minimum atomic E-state index is 0.579. The smallest absolute Gasteiger partial charge is 0.107 e. The summed E-state index contributed by atoms with van der Waals surface area (Å²) in [5.74, 6) is 0. The quantitative estimate of drug-likeness (QED) is 0.632. The van der Waals surface area contributed by atoms with Gasteiger partial charge >= 0.3 is 0 Å². The van der Waals surface area contributed by atoms with Gasteiger partial charge in [-0.2, -0.15) is 0 Å². The lowest BCUT2D eigenvalue weighted by Crippen LogP contribution is -2.21. The molecule has 6 heteroatoms. The van der Waals surface area contributed by atoms with E-state index in [1.54, 1.807) is 25.6 Å². The Morgan fingerprint density at radius 1 is 1.20 bits per heavy atom. The van der Waals surface area contributed by atoms with Crippen molar-refractivity contribution in [1.29, 1.82) is 0 Å². The van der Waals surface area contributed by atoms with E-state index in [0.29, 0.717) is 6.61 Å². The van der Waals surface area contributed by atoms with E-state index in [2.05, 4.69) is 24.1 Å². The van der Waals surface area contributed by atoms with E-state index < -0.39 is 0 Å². The van der Waals surface area contributed by atoms with Gasteiger partial charge in [-0.05, 0) is 13.1 Å². The van der Waals surface area contributed by atoms with Crippen molar-refractivity contribution in [3.63, 3.8) is 0 Å². The first-order valence-electron chi connectivity index (χ1n) is 7.13. The van der Waals surface area contributed by atoms with E-state index in [4.69, 9.17) is 14.5 Å². The predicted octanol–water partition coefficient (Wildman–Crippen LogP) is 1.87. The van der Waals surface area contributed by atoms with Crippen molar-refractivity contribution < 1.29 is 9.47 Å². The van der Waals surface area contributed by atoms with Crippen molar-refractivity contribution in [3.05, 3.63) is 15.6 Å². The molecule has 0 amide bonds. The highest BCUT2D eigenvalue weighted by molar-refractivity contribution is 7.11. The van der Waals surface area contributed by atoms with Gasteiger partial charge in [0, 0.05) is 32.2 Å². The molecule has 0 aliphatic heterocycles. The van der Waals surface area contributed by atoms with Gasteiger partial charge in [-0.3, -0.25) is 4.90 Å². The molecule has 1 N–H and O–H groups in total. The zero-order chi connectivity index (χ0) is 14.8. The fourth-order valence-corrected chi connectivity index (χ4v) is 2.99. The summed E-state index contributed by atoms with van der Waals surface area (Å²) in [5.41, 5.74) is 1.06. The summed E-state index contributed by atoms with van der Waals surface area (Å²) in [7, 11) is 3.43. The largest absolute Gasteiger partial charge is 0.383 e. The molecule has 0 atom stereocenters. The number of nitrogens with one attached hydrogen (secondary N) is 1. The summed E-state index contributed by atoms with van der Waals surface area (Å²) in [6.45, 7) is 10.4. The molecule has 1 aromatic rings. The molecule has 0 aliphatic carbocycles. The third kappa shape index (κ3) is 5.85. The summed E-state index contributed by atoms with van der Waals surface area (Å²) in [5, 5.41) is 4.54. The minimum Gasteiger partial charge on any atom is -0.383 e. The number of methoxy groups -OCH3 is 2. The van der Waals surface area contributed by atoms with E-state index in [0.717, 1.165) is 45.0 Å². The van der Waals surface area contributed by atoms with Crippen LogP contribution < -0.4 is 5.32 Å². The van der Waals surface area contributed by atoms with Crippen LogP contribution in [0, 0.1) is 0 Å². The van der Waals surface area contributed by atoms with Gasteiger partial charge in [-0.15, -0.1) is 11.3 Å². The lowest BCUT2D eigenvalue weighted by Gasteiger charge is -2.15. The SMILES string of the molecule is CCN(CC)Cc1nc(COC)c(CNCCOC)s1. The Morgan fingerprint density at radius 3 is 2.55 bits per heavy atom. The van der Waals surface area contributed by atoms with E-state index in [1.165, 1.54) is 9.88 Å². The fraction of sp³-hybridized carbons (Fsp3) is 0.786. The summed E-state index contributed by atoms with van der Waals surface area (Å²) in [6, 6.07) is 0. The Labute approximate surface area is 126 Å². The molecule has 0 spiro atoms. The van der Waals surface area contributed by atoms with Crippen LogP contribution in [0.15, 0.2) is 0 Å². The lowest BCUT2D eigenvalue weighted by molar-refractivity contribution is 0.180. The maximum absolute atomic E-state index is 5.25. The zero-order valence-electron chi connectivity index (χ0n) is 13.1. The van der Waals surface area contributed by atoms with Crippen LogP contribution in [0.3, 0.4) is 0 Å². The van der Waals surface area contributed by atoms with Gasteiger partial charge in [0.05, 0.1) is 25.5 Å². The highest BCUT2D eigenvalue weighted by Crippen LogP contribution is 2.20. The molecular weight excluding hydrogens is 274 g/mol. The summed E-state index contributed by atoms with van der Waals surface area (Å²) >= 11 is 1.78. The summed E-state index contributed by atoms with van der Waals surface area (Å²) < 4.78 is 10.3. The van der Waals surface area contributed by atoms with Crippen LogP contribution in [0.1, 0.15) is 29.4 Å². The number of thiazole rings is 1. The highest BCUT2D eigenvalue weighted by Gasteiger charge is 2.12. The maximum Gasteiger partial charge on any atom is 0.107 e. The molecule has 1 aromatic heterocycles. The second-order valence-corrected chi connectivity index (χ2v) is 5.71. The third-order valence-electron chi connectivity index (χ3n) is 3.13. The average Bonchev–Trinajstić information content (AvgIpc) is 2.83. The first-order chi connectivity index (χ1) is 9.74. The Morgan fingerprint density at radius 2 is 1.95 bits per heavy atom. The molecule has 5 nitrogen and oxygen atoms in total. The number of nitrogens with zero attached hydrogens (tertiary/aromatic N) is 2. The van der Waals surface area contributed by atoms with Crippen LogP contribution in [0.4, 0.5) is 0 Å². The van der Waals surface area contributed by atoms with Crippen molar-refractivity contribution in [2.24, 2.45) is 0 Å². The molecular formula is C14H27N3O2S. The minimum absolute atomic E-state index is 0.579.